The van der Waals surface area contributed by atoms with E-state index in [1.807, 2.05) is 17.8 Å². The molecule has 3 heterocycles. The SMILES string of the molecule is CCSCC1CCN(C(=O)c2cc(C#N)c(-c3ccc(C(F)(F)F)cc3)nc2C(F)F)CC1.N#Cc1cc(C(=O)O)c(C(F)F)nc1-c1ccc(C(F)(F)F)cc1. The topological polar surface area (TPSA) is 131 Å². The van der Waals surface area contributed by atoms with Gasteiger partial charge in [-0.1, -0.05) is 31.2 Å². The fraction of sp³-hybridized carbons (Fsp3) is 0.316. The van der Waals surface area contributed by atoms with E-state index < -0.39 is 65.2 Å². The number of nitriles is 2. The predicted octanol–water partition coefficient (Wildman–Crippen LogP) is 10.5. The number of halogens is 10. The van der Waals surface area contributed by atoms with Crippen molar-refractivity contribution in [3.63, 3.8) is 0 Å². The number of likely N-dealkylation sites (tertiary alicyclic amines) is 1. The molecule has 0 bridgehead atoms. The van der Waals surface area contributed by atoms with Crippen molar-refractivity contribution >= 4 is 23.6 Å². The van der Waals surface area contributed by atoms with Gasteiger partial charge in [-0.2, -0.15) is 48.6 Å². The smallest absolute Gasteiger partial charge is 0.416 e. The molecule has 300 valence electrons. The van der Waals surface area contributed by atoms with E-state index in [4.69, 9.17) is 10.4 Å². The van der Waals surface area contributed by atoms with E-state index in [1.54, 1.807) is 6.07 Å². The molecule has 0 saturated carbocycles. The van der Waals surface area contributed by atoms with E-state index in [2.05, 4.69) is 16.9 Å². The van der Waals surface area contributed by atoms with E-state index in [-0.39, 0.29) is 39.2 Å². The first kappa shape index (κ1) is 44.0. The lowest BCUT2D eigenvalue weighted by molar-refractivity contribution is -0.138. The lowest BCUT2D eigenvalue weighted by Gasteiger charge is -2.32. The van der Waals surface area contributed by atoms with Crippen LogP contribution < -0.4 is 0 Å². The molecule has 4 aromatic rings. The number of aromatic nitrogens is 2. The molecule has 0 atom stereocenters. The molecule has 1 saturated heterocycles. The molecule has 0 spiro atoms. The second kappa shape index (κ2) is 18.5. The Labute approximate surface area is 322 Å². The van der Waals surface area contributed by atoms with Crippen LogP contribution in [0.3, 0.4) is 0 Å². The summed E-state index contributed by atoms with van der Waals surface area (Å²) in [7, 11) is 0. The molecule has 1 amide bonds. The van der Waals surface area contributed by atoms with Gasteiger partial charge in [-0.05, 0) is 66.7 Å². The number of benzene rings is 2. The van der Waals surface area contributed by atoms with Crippen LogP contribution in [0, 0.1) is 28.6 Å². The van der Waals surface area contributed by atoms with Crippen molar-refractivity contribution in [2.24, 2.45) is 5.92 Å². The number of pyridine rings is 2. The number of nitrogens with zero attached hydrogens (tertiary/aromatic N) is 5. The highest BCUT2D eigenvalue weighted by atomic mass is 32.2. The van der Waals surface area contributed by atoms with Gasteiger partial charge in [0.25, 0.3) is 18.8 Å². The summed E-state index contributed by atoms with van der Waals surface area (Å²) >= 11 is 1.82. The fourth-order valence-electron chi connectivity index (χ4n) is 5.73. The predicted molar refractivity (Wildman–Crippen MR) is 187 cm³/mol. The highest BCUT2D eigenvalue weighted by molar-refractivity contribution is 7.99. The van der Waals surface area contributed by atoms with Gasteiger partial charge in [0.1, 0.15) is 23.5 Å². The van der Waals surface area contributed by atoms with Crippen molar-refractivity contribution in [3.05, 3.63) is 105 Å². The quantitative estimate of drug-likeness (QED) is 0.165. The first-order chi connectivity index (χ1) is 26.8. The number of hydrogen-bond donors (Lipinski definition) is 1. The Kier molecular flexibility index (Phi) is 14.3. The summed E-state index contributed by atoms with van der Waals surface area (Å²) in [5.41, 5.74) is -5.82. The largest absolute Gasteiger partial charge is 0.478 e. The van der Waals surface area contributed by atoms with Crippen molar-refractivity contribution in [2.45, 2.75) is 45.0 Å². The van der Waals surface area contributed by atoms with Crippen molar-refractivity contribution in [3.8, 4) is 34.7 Å². The first-order valence-corrected chi connectivity index (χ1v) is 17.9. The summed E-state index contributed by atoms with van der Waals surface area (Å²) in [5.74, 6) is 0.152. The van der Waals surface area contributed by atoms with E-state index in [1.165, 1.54) is 4.90 Å². The fourth-order valence-corrected chi connectivity index (χ4v) is 6.64. The molecule has 57 heavy (non-hydrogen) atoms. The maximum atomic E-state index is 13.8. The van der Waals surface area contributed by atoms with Crippen LogP contribution >= 0.6 is 11.8 Å². The minimum Gasteiger partial charge on any atom is -0.478 e. The number of piperidine rings is 1. The van der Waals surface area contributed by atoms with Crippen LogP contribution in [-0.2, 0) is 12.4 Å². The zero-order valence-electron chi connectivity index (χ0n) is 29.4. The number of carbonyl (C=O) groups is 2. The van der Waals surface area contributed by atoms with Gasteiger partial charge in [-0.3, -0.25) is 4.79 Å². The highest BCUT2D eigenvalue weighted by Crippen LogP contribution is 2.35. The number of rotatable bonds is 9. The molecular weight excluding hydrogens is 796 g/mol. The van der Waals surface area contributed by atoms with Gasteiger partial charge in [0.2, 0.25) is 0 Å². The molecule has 0 unspecified atom stereocenters. The summed E-state index contributed by atoms with van der Waals surface area (Å²) in [6.45, 7) is 2.93. The normalized spacial score (nSPS) is 13.5. The van der Waals surface area contributed by atoms with E-state index in [0.29, 0.717) is 31.1 Å². The van der Waals surface area contributed by atoms with Gasteiger partial charge in [0.15, 0.2) is 0 Å². The highest BCUT2D eigenvalue weighted by Gasteiger charge is 2.33. The lowest BCUT2D eigenvalue weighted by Crippen LogP contribution is -2.39. The molecule has 19 heteroatoms. The summed E-state index contributed by atoms with van der Waals surface area (Å²) in [5, 5.41) is 27.5. The average Bonchev–Trinajstić information content (AvgIpc) is 3.18. The standard InChI is InChI=1S/C23H22F5N3OS.C15H7F5N2O2/c1-2-33-13-14-7-9-31(10-8-14)22(32)18-11-16(12-29)19(30-20(18)21(24)25)15-3-5-17(6-4-15)23(26,27)28;16-13(17)12-10(14(23)24)5-8(6-21)11(22-12)7-1-3-9(4-2-7)15(18,19)20/h3-6,11,14,21H,2,7-10,13H2,1H3;1-5,13H,(H,23,24). The van der Waals surface area contributed by atoms with Gasteiger partial charge in [0.05, 0.1) is 44.8 Å². The summed E-state index contributed by atoms with van der Waals surface area (Å²) in [6.07, 6.45) is -13.9. The number of amides is 1. The number of hydrogen-bond acceptors (Lipinski definition) is 7. The Morgan fingerprint density at radius 2 is 1.18 bits per heavy atom. The Balaban J connectivity index is 0.000000266. The Hall–Kier alpha value is -5.69. The van der Waals surface area contributed by atoms with Crippen molar-refractivity contribution in [2.75, 3.05) is 24.6 Å². The average molecular weight is 826 g/mol. The Morgan fingerprint density at radius 3 is 1.53 bits per heavy atom. The second-order valence-electron chi connectivity index (χ2n) is 12.3. The monoisotopic (exact) mass is 825 g/mol. The van der Waals surface area contributed by atoms with Crippen LogP contribution in [0.4, 0.5) is 43.9 Å². The lowest BCUT2D eigenvalue weighted by atomic mass is 9.97. The third-order valence-corrected chi connectivity index (χ3v) is 9.77. The van der Waals surface area contributed by atoms with Crippen LogP contribution in [0.25, 0.3) is 22.5 Å². The summed E-state index contributed by atoms with van der Waals surface area (Å²) in [4.78, 5) is 32.9. The number of carboxylic acids is 1. The van der Waals surface area contributed by atoms with E-state index >= 15 is 0 Å². The Bertz CT molecular complexity index is 2160. The number of alkyl halides is 10. The van der Waals surface area contributed by atoms with Crippen LogP contribution in [0.15, 0.2) is 60.7 Å². The molecule has 1 fully saturated rings. The molecule has 2 aromatic heterocycles. The van der Waals surface area contributed by atoms with Gasteiger partial charge in [-0.15, -0.1) is 0 Å². The first-order valence-electron chi connectivity index (χ1n) is 16.7. The second-order valence-corrected chi connectivity index (χ2v) is 13.6. The number of aromatic carboxylic acids is 1. The molecule has 8 nitrogen and oxygen atoms in total. The van der Waals surface area contributed by atoms with Crippen LogP contribution in [-0.4, -0.2) is 56.4 Å². The number of carbonyl (C=O) groups excluding carboxylic acids is 1. The summed E-state index contributed by atoms with van der Waals surface area (Å²) < 4.78 is 130. The number of thioether (sulfide) groups is 1. The maximum Gasteiger partial charge on any atom is 0.416 e. The van der Waals surface area contributed by atoms with Gasteiger partial charge in [-0.25, -0.2) is 32.3 Å². The zero-order chi connectivity index (χ0) is 42.2. The molecule has 1 aliphatic rings. The maximum absolute atomic E-state index is 13.8. The third kappa shape index (κ3) is 10.8. The third-order valence-electron chi connectivity index (χ3n) is 8.65. The molecule has 1 aliphatic heterocycles. The van der Waals surface area contributed by atoms with Crippen LogP contribution in [0.1, 0.15) is 87.0 Å². The zero-order valence-corrected chi connectivity index (χ0v) is 30.3. The van der Waals surface area contributed by atoms with Crippen molar-refractivity contribution in [1.29, 1.82) is 10.5 Å². The van der Waals surface area contributed by atoms with Crippen molar-refractivity contribution in [1.82, 2.24) is 14.9 Å². The molecule has 5 rings (SSSR count). The van der Waals surface area contributed by atoms with E-state index in [0.717, 1.165) is 72.9 Å². The minimum absolute atomic E-state index is 0.0154. The molecule has 2 aromatic carbocycles. The van der Waals surface area contributed by atoms with Crippen molar-refractivity contribution < 1.29 is 58.6 Å². The van der Waals surface area contributed by atoms with Crippen LogP contribution in [0.5, 0.6) is 0 Å². The van der Waals surface area contributed by atoms with Gasteiger partial charge < -0.3 is 10.0 Å². The van der Waals surface area contributed by atoms with Crippen LogP contribution in [0.2, 0.25) is 0 Å². The minimum atomic E-state index is -4.58. The molecule has 1 N–H and O–H groups in total. The van der Waals surface area contributed by atoms with Gasteiger partial charge in [0, 0.05) is 24.2 Å². The Morgan fingerprint density at radius 1 is 0.772 bits per heavy atom. The molecule has 0 aliphatic carbocycles. The summed E-state index contributed by atoms with van der Waals surface area (Å²) in [6, 6.07) is 12.3. The van der Waals surface area contributed by atoms with E-state index in [9.17, 15) is 58.8 Å². The van der Waals surface area contributed by atoms with Gasteiger partial charge >= 0.3 is 18.3 Å². The number of carboxylic acid groups (broad SMARTS) is 1. The molecular formula is C38H29F10N5O3S. The molecule has 0 radical (unpaired) electrons.